The number of aliphatic hydroxyl groups excluding tert-OH is 5. The summed E-state index contributed by atoms with van der Waals surface area (Å²) in [5, 5.41) is 52.7. The van der Waals surface area contributed by atoms with Gasteiger partial charge in [-0.2, -0.15) is 0 Å². The van der Waals surface area contributed by atoms with Gasteiger partial charge in [0, 0.05) is 21.1 Å². The molecule has 0 spiro atoms. The highest BCUT2D eigenvalue weighted by molar-refractivity contribution is 5.73. The summed E-state index contributed by atoms with van der Waals surface area (Å²) in [7, 11) is 2.57. The van der Waals surface area contributed by atoms with Crippen LogP contribution in [0.15, 0.2) is 0 Å². The van der Waals surface area contributed by atoms with Crippen LogP contribution in [0.4, 0.5) is 0 Å². The van der Waals surface area contributed by atoms with Crippen molar-refractivity contribution in [3.63, 3.8) is 0 Å². The third kappa shape index (κ3) is 4.79. The highest BCUT2D eigenvalue weighted by Gasteiger charge is 2.51. The number of rotatable bonds is 7. The lowest BCUT2D eigenvalue weighted by atomic mass is 9.95. The summed E-state index contributed by atoms with van der Waals surface area (Å²) in [6.07, 6.45) is -11.2. The zero-order valence-corrected chi connectivity index (χ0v) is 15.9. The van der Waals surface area contributed by atoms with Crippen LogP contribution >= 0.6 is 0 Å². The molecule has 1 amide bonds. The van der Waals surface area contributed by atoms with Gasteiger partial charge >= 0.3 is 0 Å². The summed E-state index contributed by atoms with van der Waals surface area (Å²) in [6.45, 7) is 0.121. The van der Waals surface area contributed by atoms with Gasteiger partial charge in [0.2, 0.25) is 5.91 Å². The SMILES string of the molecule is CO[C@@H]1OC(CO)[C@H](O[C@@H]2OC(CO)[C@H](O)[C@H](OC)C2O)[C@H](O)C1NC(C)=O. The van der Waals surface area contributed by atoms with Crippen LogP contribution in [-0.4, -0.2) is 120 Å². The second-order valence-corrected chi connectivity index (χ2v) is 6.69. The first-order chi connectivity index (χ1) is 13.3. The summed E-state index contributed by atoms with van der Waals surface area (Å²) in [6, 6.07) is -1.02. The fourth-order valence-corrected chi connectivity index (χ4v) is 3.42. The van der Waals surface area contributed by atoms with Crippen LogP contribution in [-0.2, 0) is 28.5 Å². The number of hydrogen-bond acceptors (Lipinski definition) is 11. The zero-order valence-electron chi connectivity index (χ0n) is 15.9. The van der Waals surface area contributed by atoms with E-state index in [2.05, 4.69) is 5.32 Å². The summed E-state index contributed by atoms with van der Waals surface area (Å²) in [5.41, 5.74) is 0. The number of nitrogens with one attached hydrogen (secondary N) is 1. The molecule has 0 aromatic carbocycles. The molecule has 12 nitrogen and oxygen atoms in total. The predicted molar refractivity (Wildman–Crippen MR) is 89.8 cm³/mol. The monoisotopic (exact) mass is 411 g/mol. The average molecular weight is 411 g/mol. The van der Waals surface area contributed by atoms with E-state index in [1.54, 1.807) is 0 Å². The highest BCUT2D eigenvalue weighted by Crippen LogP contribution is 2.30. The molecular formula is C16H29NO11. The number of ether oxygens (including phenoxy) is 5. The van der Waals surface area contributed by atoms with Crippen molar-refractivity contribution in [2.45, 2.75) is 68.3 Å². The van der Waals surface area contributed by atoms with Crippen LogP contribution in [0.5, 0.6) is 0 Å². The van der Waals surface area contributed by atoms with Crippen molar-refractivity contribution in [2.75, 3.05) is 27.4 Å². The molecule has 12 heteroatoms. The quantitative estimate of drug-likeness (QED) is 0.241. The van der Waals surface area contributed by atoms with Gasteiger partial charge in [0.15, 0.2) is 12.6 Å². The summed E-state index contributed by atoms with van der Waals surface area (Å²) < 4.78 is 26.8. The molecule has 2 fully saturated rings. The lowest BCUT2D eigenvalue weighted by molar-refractivity contribution is -0.348. The van der Waals surface area contributed by atoms with Crippen LogP contribution in [0.25, 0.3) is 0 Å². The molecule has 2 rings (SSSR count). The van der Waals surface area contributed by atoms with Crippen molar-refractivity contribution in [3.05, 3.63) is 0 Å². The number of amides is 1. The van der Waals surface area contributed by atoms with Gasteiger partial charge in [0.1, 0.15) is 48.8 Å². The topological polar surface area (TPSA) is 176 Å². The molecule has 6 N–H and O–H groups in total. The van der Waals surface area contributed by atoms with Crippen molar-refractivity contribution in [1.82, 2.24) is 5.32 Å². The molecule has 2 aliphatic rings. The van der Waals surface area contributed by atoms with Crippen molar-refractivity contribution in [3.8, 4) is 0 Å². The molecule has 28 heavy (non-hydrogen) atoms. The number of carbonyl (C=O) groups is 1. The molecule has 0 radical (unpaired) electrons. The van der Waals surface area contributed by atoms with Crippen molar-refractivity contribution in [1.29, 1.82) is 0 Å². The maximum absolute atomic E-state index is 11.5. The van der Waals surface area contributed by atoms with Gasteiger partial charge in [-0.3, -0.25) is 4.79 Å². The van der Waals surface area contributed by atoms with Gasteiger partial charge in [-0.05, 0) is 0 Å². The van der Waals surface area contributed by atoms with Gasteiger partial charge < -0.3 is 54.5 Å². The van der Waals surface area contributed by atoms with E-state index >= 15 is 0 Å². The van der Waals surface area contributed by atoms with Crippen LogP contribution in [0.3, 0.4) is 0 Å². The fourth-order valence-electron chi connectivity index (χ4n) is 3.42. The average Bonchev–Trinajstić information content (AvgIpc) is 2.67. The molecule has 0 aromatic rings. The van der Waals surface area contributed by atoms with E-state index in [1.807, 2.05) is 0 Å². The Morgan fingerprint density at radius 2 is 1.50 bits per heavy atom. The Hall–Kier alpha value is -0.930. The van der Waals surface area contributed by atoms with Crippen LogP contribution < -0.4 is 5.32 Å². The van der Waals surface area contributed by atoms with Gasteiger partial charge in [-0.1, -0.05) is 0 Å². The van der Waals surface area contributed by atoms with E-state index in [9.17, 15) is 30.3 Å². The minimum atomic E-state index is -1.46. The Labute approximate surface area is 161 Å². The van der Waals surface area contributed by atoms with E-state index in [1.165, 1.54) is 21.1 Å². The maximum atomic E-state index is 11.5. The first-order valence-corrected chi connectivity index (χ1v) is 8.84. The van der Waals surface area contributed by atoms with Gasteiger partial charge in [0.25, 0.3) is 0 Å². The Balaban J connectivity index is 2.21. The van der Waals surface area contributed by atoms with E-state index < -0.39 is 80.5 Å². The molecule has 0 aromatic heterocycles. The second kappa shape index (κ2) is 10.2. The molecule has 10 atom stereocenters. The molecular weight excluding hydrogens is 382 g/mol. The molecule has 0 bridgehead atoms. The predicted octanol–water partition coefficient (Wildman–Crippen LogP) is -3.95. The standard InChI is InChI=1S/C16H29NO11/c1-6(20)17-9-11(22)13(8(5-19)27-15(9)25-3)28-16-12(23)14(24-2)10(21)7(4-18)26-16/h7-16,18-19,21-23H,4-5H2,1-3H3,(H,17,20)/t7?,8?,9?,10-,11+,12?,13-,14-,15+,16-/m0/s1. The number of hydrogen-bond donors (Lipinski definition) is 6. The maximum Gasteiger partial charge on any atom is 0.217 e. The lowest BCUT2D eigenvalue weighted by Crippen LogP contribution is -2.67. The molecule has 0 aliphatic carbocycles. The zero-order chi connectivity index (χ0) is 21.0. The highest BCUT2D eigenvalue weighted by atomic mass is 16.7. The van der Waals surface area contributed by atoms with E-state index in [-0.39, 0.29) is 0 Å². The van der Waals surface area contributed by atoms with E-state index in [4.69, 9.17) is 23.7 Å². The largest absolute Gasteiger partial charge is 0.394 e. The first-order valence-electron chi connectivity index (χ1n) is 8.84. The van der Waals surface area contributed by atoms with Gasteiger partial charge in [-0.25, -0.2) is 0 Å². The van der Waals surface area contributed by atoms with Gasteiger partial charge in [0.05, 0.1) is 13.2 Å². The van der Waals surface area contributed by atoms with Crippen LogP contribution in [0.1, 0.15) is 6.92 Å². The summed E-state index contributed by atoms with van der Waals surface area (Å²) in [5.74, 6) is -0.451. The minimum absolute atomic E-state index is 0.451. The third-order valence-corrected chi connectivity index (χ3v) is 4.84. The molecule has 164 valence electrons. The fraction of sp³-hybridized carbons (Fsp3) is 0.938. The van der Waals surface area contributed by atoms with Crippen LogP contribution in [0, 0.1) is 0 Å². The first kappa shape index (κ1) is 23.3. The normalized spacial score (nSPS) is 44.3. The Morgan fingerprint density at radius 3 is 2.00 bits per heavy atom. The molecule has 2 saturated heterocycles. The smallest absolute Gasteiger partial charge is 0.217 e. The second-order valence-electron chi connectivity index (χ2n) is 6.69. The van der Waals surface area contributed by atoms with Crippen LogP contribution in [0.2, 0.25) is 0 Å². The summed E-state index contributed by atoms with van der Waals surface area (Å²) in [4.78, 5) is 11.5. The number of aliphatic hydroxyl groups is 5. The minimum Gasteiger partial charge on any atom is -0.394 e. The molecule has 0 saturated carbocycles. The lowest BCUT2D eigenvalue weighted by Gasteiger charge is -2.47. The van der Waals surface area contributed by atoms with E-state index in [0.29, 0.717) is 0 Å². The number of methoxy groups -OCH3 is 2. The Bertz CT molecular complexity index is 509. The van der Waals surface area contributed by atoms with E-state index in [0.717, 1.165) is 0 Å². The molecule has 2 heterocycles. The third-order valence-electron chi connectivity index (χ3n) is 4.84. The van der Waals surface area contributed by atoms with Gasteiger partial charge in [-0.15, -0.1) is 0 Å². The number of carbonyl (C=O) groups excluding carboxylic acids is 1. The molecule has 4 unspecified atom stereocenters. The summed E-state index contributed by atoms with van der Waals surface area (Å²) >= 11 is 0. The Morgan fingerprint density at radius 1 is 0.893 bits per heavy atom. The molecule has 2 aliphatic heterocycles. The Kier molecular flexibility index (Phi) is 8.51. The van der Waals surface area contributed by atoms with Crippen molar-refractivity contribution >= 4 is 5.91 Å². The van der Waals surface area contributed by atoms with Crippen molar-refractivity contribution < 1.29 is 54.0 Å². The van der Waals surface area contributed by atoms with Crippen molar-refractivity contribution in [2.24, 2.45) is 0 Å².